The van der Waals surface area contributed by atoms with Crippen LogP contribution in [0.2, 0.25) is 0 Å². The average molecular weight is 392 g/mol. The van der Waals surface area contributed by atoms with Crippen molar-refractivity contribution in [1.82, 2.24) is 9.78 Å². The third kappa shape index (κ3) is 4.31. The Morgan fingerprint density at radius 1 is 1.21 bits per heavy atom. The number of hydrogen-bond donors (Lipinski definition) is 1. The molecule has 1 aliphatic heterocycles. The second kappa shape index (κ2) is 8.07. The highest BCUT2D eigenvalue weighted by Gasteiger charge is 2.22. The number of carbonyl (C=O) groups excluding carboxylic acids is 1. The van der Waals surface area contributed by atoms with Crippen molar-refractivity contribution >= 4 is 17.4 Å². The van der Waals surface area contributed by atoms with Gasteiger partial charge in [-0.25, -0.2) is 9.07 Å². The summed E-state index contributed by atoms with van der Waals surface area (Å²) in [4.78, 5) is 14.8. The summed E-state index contributed by atoms with van der Waals surface area (Å²) in [7, 11) is 0. The van der Waals surface area contributed by atoms with E-state index in [1.165, 1.54) is 11.6 Å². The van der Waals surface area contributed by atoms with Gasteiger partial charge in [-0.15, -0.1) is 0 Å². The maximum absolute atomic E-state index is 13.7. The molecule has 4 rings (SSSR count). The molecule has 0 radical (unpaired) electrons. The second-order valence-electron chi connectivity index (χ2n) is 7.67. The Bertz CT molecular complexity index is 1040. The summed E-state index contributed by atoms with van der Waals surface area (Å²) in [6.45, 7) is 5.56. The zero-order chi connectivity index (χ0) is 20.4. The smallest absolute Gasteiger partial charge is 0.245 e. The Hall–Kier alpha value is -3.15. The maximum Gasteiger partial charge on any atom is 0.245 e. The second-order valence-corrected chi connectivity index (χ2v) is 7.67. The van der Waals surface area contributed by atoms with Gasteiger partial charge in [0.1, 0.15) is 11.6 Å². The van der Waals surface area contributed by atoms with Gasteiger partial charge in [-0.05, 0) is 55.5 Å². The lowest BCUT2D eigenvalue weighted by atomic mass is 9.98. The number of nitrogens with one attached hydrogen (secondary N) is 1. The number of aromatic nitrogens is 2. The van der Waals surface area contributed by atoms with Crippen molar-refractivity contribution in [2.24, 2.45) is 0 Å². The molecule has 29 heavy (non-hydrogen) atoms. The Labute approximate surface area is 170 Å². The van der Waals surface area contributed by atoms with Crippen LogP contribution in [0.3, 0.4) is 0 Å². The molecule has 0 aliphatic carbocycles. The molecular weight excluding hydrogens is 367 g/mol. The molecule has 2 aromatic carbocycles. The van der Waals surface area contributed by atoms with E-state index in [2.05, 4.69) is 29.5 Å². The summed E-state index contributed by atoms with van der Waals surface area (Å²) in [6.07, 6.45) is 3.44. The van der Waals surface area contributed by atoms with Crippen LogP contribution in [0.15, 0.2) is 48.7 Å². The molecule has 1 N–H and O–H groups in total. The molecule has 0 fully saturated rings. The van der Waals surface area contributed by atoms with Gasteiger partial charge in [0.05, 0.1) is 19.3 Å². The predicted molar refractivity (Wildman–Crippen MR) is 113 cm³/mol. The molecule has 0 unspecified atom stereocenters. The lowest BCUT2D eigenvalue weighted by molar-refractivity contribution is -0.115. The molecular formula is C23H25FN4O. The number of rotatable bonds is 5. The number of fused-ring (bicyclic) bond motifs is 1. The highest BCUT2D eigenvalue weighted by molar-refractivity contribution is 5.93. The minimum atomic E-state index is -0.215. The molecule has 150 valence electrons. The van der Waals surface area contributed by atoms with Gasteiger partial charge in [0, 0.05) is 18.3 Å². The van der Waals surface area contributed by atoms with E-state index in [9.17, 15) is 9.18 Å². The van der Waals surface area contributed by atoms with E-state index in [0.717, 1.165) is 41.8 Å². The van der Waals surface area contributed by atoms with E-state index in [4.69, 9.17) is 0 Å². The number of halogens is 1. The lowest BCUT2D eigenvalue weighted by Gasteiger charge is -2.32. The van der Waals surface area contributed by atoms with Crippen LogP contribution in [0.4, 0.5) is 15.9 Å². The first-order chi connectivity index (χ1) is 14.0. The Morgan fingerprint density at radius 2 is 2.07 bits per heavy atom. The van der Waals surface area contributed by atoms with Crippen molar-refractivity contribution in [3.8, 4) is 0 Å². The number of aryl methyl sites for hydroxylation is 3. The summed E-state index contributed by atoms with van der Waals surface area (Å²) in [5.41, 5.74) is 5.16. The quantitative estimate of drug-likeness (QED) is 0.712. The fourth-order valence-electron chi connectivity index (χ4n) is 4.08. The molecule has 1 aromatic heterocycles. The van der Waals surface area contributed by atoms with Gasteiger partial charge < -0.3 is 10.2 Å². The van der Waals surface area contributed by atoms with Crippen molar-refractivity contribution in [2.45, 2.75) is 33.2 Å². The van der Waals surface area contributed by atoms with Crippen LogP contribution < -0.4 is 10.2 Å². The summed E-state index contributed by atoms with van der Waals surface area (Å²) in [5.74, 6) is 0.352. The molecule has 6 heteroatoms. The van der Waals surface area contributed by atoms with E-state index in [1.807, 2.05) is 24.0 Å². The number of benzene rings is 2. The van der Waals surface area contributed by atoms with Gasteiger partial charge in [0.25, 0.3) is 0 Å². The van der Waals surface area contributed by atoms with Crippen LogP contribution >= 0.6 is 0 Å². The van der Waals surface area contributed by atoms with Gasteiger partial charge in [-0.2, -0.15) is 5.10 Å². The zero-order valence-electron chi connectivity index (χ0n) is 16.8. The monoisotopic (exact) mass is 392 g/mol. The van der Waals surface area contributed by atoms with Crippen molar-refractivity contribution < 1.29 is 9.18 Å². The van der Waals surface area contributed by atoms with Gasteiger partial charge in [-0.3, -0.25) is 4.79 Å². The van der Waals surface area contributed by atoms with Crippen LogP contribution in [-0.4, -0.2) is 28.8 Å². The summed E-state index contributed by atoms with van der Waals surface area (Å²) < 4.78 is 15.5. The Balaban J connectivity index is 1.46. The fraction of sp³-hybridized carbons (Fsp3) is 0.304. The SMILES string of the molecule is Cc1cccc(Cn2nccc2NC(=O)CN2CCCc3cc(F)cc(C)c32)c1. The molecule has 0 spiro atoms. The zero-order valence-corrected chi connectivity index (χ0v) is 16.8. The minimum absolute atomic E-state index is 0.104. The van der Waals surface area contributed by atoms with E-state index in [0.29, 0.717) is 12.4 Å². The van der Waals surface area contributed by atoms with Crippen LogP contribution in [0.25, 0.3) is 0 Å². The number of nitrogens with zero attached hydrogens (tertiary/aromatic N) is 3. The molecule has 0 bridgehead atoms. The number of amides is 1. The van der Waals surface area contributed by atoms with Gasteiger partial charge in [0.15, 0.2) is 0 Å². The van der Waals surface area contributed by atoms with Gasteiger partial charge in [0.2, 0.25) is 5.91 Å². The molecule has 0 atom stereocenters. The standard InChI is InChI=1S/C23H25FN4O/c1-16-5-3-6-18(11-16)14-28-21(8-9-25-28)26-22(29)15-27-10-4-7-19-13-20(24)12-17(2)23(19)27/h3,5-6,8-9,11-13H,4,7,10,14-15H2,1-2H3,(H,26,29). The molecule has 1 aliphatic rings. The molecule has 0 saturated heterocycles. The van der Waals surface area contributed by atoms with Gasteiger partial charge in [-0.1, -0.05) is 29.8 Å². The van der Waals surface area contributed by atoms with Crippen molar-refractivity contribution in [3.63, 3.8) is 0 Å². The van der Waals surface area contributed by atoms with E-state index < -0.39 is 0 Å². The van der Waals surface area contributed by atoms with Crippen molar-refractivity contribution in [2.75, 3.05) is 23.3 Å². The minimum Gasteiger partial charge on any atom is -0.362 e. The fourth-order valence-corrected chi connectivity index (χ4v) is 4.08. The Morgan fingerprint density at radius 3 is 2.90 bits per heavy atom. The summed E-state index contributed by atoms with van der Waals surface area (Å²) >= 11 is 0. The highest BCUT2D eigenvalue weighted by Crippen LogP contribution is 2.31. The van der Waals surface area contributed by atoms with Gasteiger partial charge >= 0.3 is 0 Å². The van der Waals surface area contributed by atoms with Crippen LogP contribution in [0, 0.1) is 19.7 Å². The van der Waals surface area contributed by atoms with Crippen molar-refractivity contribution in [3.05, 3.63) is 76.7 Å². The molecule has 5 nitrogen and oxygen atoms in total. The molecule has 3 aromatic rings. The normalized spacial score (nSPS) is 13.3. The van der Waals surface area contributed by atoms with E-state index in [-0.39, 0.29) is 18.3 Å². The number of hydrogen-bond acceptors (Lipinski definition) is 3. The molecule has 2 heterocycles. The van der Waals surface area contributed by atoms with Crippen LogP contribution in [-0.2, 0) is 17.8 Å². The molecule has 1 amide bonds. The lowest BCUT2D eigenvalue weighted by Crippen LogP contribution is -2.37. The Kier molecular flexibility index (Phi) is 5.34. The third-order valence-electron chi connectivity index (χ3n) is 5.27. The van der Waals surface area contributed by atoms with Crippen LogP contribution in [0.1, 0.15) is 28.7 Å². The third-order valence-corrected chi connectivity index (χ3v) is 5.27. The predicted octanol–water partition coefficient (Wildman–Crippen LogP) is 4.08. The van der Waals surface area contributed by atoms with Crippen molar-refractivity contribution in [1.29, 1.82) is 0 Å². The summed E-state index contributed by atoms with van der Waals surface area (Å²) in [6, 6.07) is 13.2. The first kappa shape index (κ1) is 19.2. The van der Waals surface area contributed by atoms with Crippen LogP contribution in [0.5, 0.6) is 0 Å². The average Bonchev–Trinajstić information content (AvgIpc) is 3.07. The maximum atomic E-state index is 13.7. The van der Waals surface area contributed by atoms with E-state index >= 15 is 0 Å². The first-order valence-electron chi connectivity index (χ1n) is 9.91. The number of anilines is 2. The molecule has 0 saturated carbocycles. The summed E-state index contributed by atoms with van der Waals surface area (Å²) in [5, 5.41) is 7.33. The highest BCUT2D eigenvalue weighted by atomic mass is 19.1. The number of carbonyl (C=O) groups is 1. The first-order valence-corrected chi connectivity index (χ1v) is 9.91. The largest absolute Gasteiger partial charge is 0.362 e. The topological polar surface area (TPSA) is 50.2 Å². The van der Waals surface area contributed by atoms with E-state index in [1.54, 1.807) is 23.0 Å².